The van der Waals surface area contributed by atoms with Gasteiger partial charge in [0, 0.05) is 12.0 Å². The molecule has 1 aromatic heterocycles. The lowest BCUT2D eigenvalue weighted by Crippen LogP contribution is -2.11. The standard InChI is InChI=1S/C15H14O5/c1-18-14(16)12-11(8-10-6-4-3-5-7-10)9-20-13(12)15(17)19-2/h3-7,9H,8H2,1-2H3. The molecule has 0 aliphatic rings. The second kappa shape index (κ2) is 6.06. The van der Waals surface area contributed by atoms with Crippen LogP contribution in [0.2, 0.25) is 0 Å². The van der Waals surface area contributed by atoms with Crippen LogP contribution in [0.4, 0.5) is 0 Å². The second-order valence-corrected chi connectivity index (χ2v) is 4.11. The molecule has 104 valence electrons. The van der Waals surface area contributed by atoms with E-state index in [-0.39, 0.29) is 11.3 Å². The molecular weight excluding hydrogens is 260 g/mol. The molecule has 0 aliphatic heterocycles. The predicted molar refractivity (Wildman–Crippen MR) is 70.6 cm³/mol. The number of furan rings is 1. The van der Waals surface area contributed by atoms with Gasteiger partial charge in [-0.3, -0.25) is 0 Å². The molecule has 0 saturated carbocycles. The van der Waals surface area contributed by atoms with E-state index in [9.17, 15) is 9.59 Å². The van der Waals surface area contributed by atoms with Crippen LogP contribution in [0.3, 0.4) is 0 Å². The monoisotopic (exact) mass is 274 g/mol. The summed E-state index contributed by atoms with van der Waals surface area (Å²) in [7, 11) is 2.48. The number of esters is 2. The largest absolute Gasteiger partial charge is 0.465 e. The number of rotatable bonds is 4. The quantitative estimate of drug-likeness (QED) is 0.801. The summed E-state index contributed by atoms with van der Waals surface area (Å²) < 4.78 is 14.5. The van der Waals surface area contributed by atoms with Gasteiger partial charge in [-0.25, -0.2) is 9.59 Å². The lowest BCUT2D eigenvalue weighted by Gasteiger charge is -2.03. The molecule has 20 heavy (non-hydrogen) atoms. The minimum absolute atomic E-state index is 0.114. The van der Waals surface area contributed by atoms with Crippen molar-refractivity contribution in [1.29, 1.82) is 0 Å². The zero-order valence-corrected chi connectivity index (χ0v) is 11.2. The van der Waals surface area contributed by atoms with E-state index in [1.54, 1.807) is 0 Å². The Balaban J connectivity index is 2.40. The Morgan fingerprint density at radius 2 is 1.70 bits per heavy atom. The minimum Gasteiger partial charge on any atom is -0.465 e. The number of hydrogen-bond donors (Lipinski definition) is 0. The molecule has 0 unspecified atom stereocenters. The van der Waals surface area contributed by atoms with E-state index in [1.165, 1.54) is 20.5 Å². The van der Waals surface area contributed by atoms with Crippen molar-refractivity contribution in [3.63, 3.8) is 0 Å². The third-order valence-corrected chi connectivity index (χ3v) is 2.86. The SMILES string of the molecule is COC(=O)c1occ(Cc2ccccc2)c1C(=O)OC. The molecule has 0 spiro atoms. The van der Waals surface area contributed by atoms with Crippen LogP contribution < -0.4 is 0 Å². The summed E-state index contributed by atoms with van der Waals surface area (Å²) in [6, 6.07) is 9.54. The normalized spacial score (nSPS) is 10.1. The summed E-state index contributed by atoms with van der Waals surface area (Å²) in [5.74, 6) is -1.46. The third-order valence-electron chi connectivity index (χ3n) is 2.86. The Labute approximate surface area is 116 Å². The molecule has 0 bridgehead atoms. The zero-order valence-electron chi connectivity index (χ0n) is 11.2. The molecule has 1 heterocycles. The maximum absolute atomic E-state index is 11.8. The highest BCUT2D eigenvalue weighted by molar-refractivity contribution is 6.02. The fourth-order valence-corrected chi connectivity index (χ4v) is 1.91. The highest BCUT2D eigenvalue weighted by Gasteiger charge is 2.26. The number of hydrogen-bond acceptors (Lipinski definition) is 5. The van der Waals surface area contributed by atoms with Crippen LogP contribution in [0.5, 0.6) is 0 Å². The molecule has 0 saturated heterocycles. The van der Waals surface area contributed by atoms with Gasteiger partial charge in [0.1, 0.15) is 5.56 Å². The Morgan fingerprint density at radius 3 is 2.30 bits per heavy atom. The van der Waals surface area contributed by atoms with Gasteiger partial charge in [-0.1, -0.05) is 30.3 Å². The molecule has 0 N–H and O–H groups in total. The second-order valence-electron chi connectivity index (χ2n) is 4.11. The minimum atomic E-state index is -0.704. The van der Waals surface area contributed by atoms with E-state index < -0.39 is 11.9 Å². The number of carbonyl (C=O) groups is 2. The van der Waals surface area contributed by atoms with E-state index >= 15 is 0 Å². The summed E-state index contributed by atoms with van der Waals surface area (Å²) in [5.41, 5.74) is 1.70. The topological polar surface area (TPSA) is 65.7 Å². The summed E-state index contributed by atoms with van der Waals surface area (Å²) in [5, 5.41) is 0. The smallest absolute Gasteiger partial charge is 0.374 e. The third kappa shape index (κ3) is 2.71. The van der Waals surface area contributed by atoms with Gasteiger partial charge in [-0.2, -0.15) is 0 Å². The molecule has 0 atom stereocenters. The van der Waals surface area contributed by atoms with Gasteiger partial charge in [0.2, 0.25) is 5.76 Å². The Kier molecular flexibility index (Phi) is 4.20. The van der Waals surface area contributed by atoms with Gasteiger partial charge >= 0.3 is 11.9 Å². The Morgan fingerprint density at radius 1 is 1.05 bits per heavy atom. The number of ether oxygens (including phenoxy) is 2. The highest BCUT2D eigenvalue weighted by Crippen LogP contribution is 2.22. The average molecular weight is 274 g/mol. The number of methoxy groups -OCH3 is 2. The first-order valence-electron chi connectivity index (χ1n) is 5.98. The van der Waals surface area contributed by atoms with Crippen LogP contribution in [-0.4, -0.2) is 26.2 Å². The van der Waals surface area contributed by atoms with Gasteiger partial charge in [0.15, 0.2) is 0 Å². The Hall–Kier alpha value is -2.56. The summed E-state index contributed by atoms with van der Waals surface area (Å²) in [6.45, 7) is 0. The van der Waals surface area contributed by atoms with Crippen LogP contribution in [0.15, 0.2) is 41.0 Å². The van der Waals surface area contributed by atoms with Crippen molar-refractivity contribution in [3.05, 3.63) is 59.0 Å². The molecular formula is C15H14O5. The van der Waals surface area contributed by atoms with E-state index in [2.05, 4.69) is 4.74 Å². The lowest BCUT2D eigenvalue weighted by atomic mass is 10.0. The van der Waals surface area contributed by atoms with Crippen LogP contribution in [0, 0.1) is 0 Å². The maximum Gasteiger partial charge on any atom is 0.374 e. The van der Waals surface area contributed by atoms with Gasteiger partial charge in [0.05, 0.1) is 20.5 Å². The van der Waals surface area contributed by atoms with Gasteiger partial charge in [0.25, 0.3) is 0 Å². The van der Waals surface area contributed by atoms with Crippen molar-refractivity contribution in [1.82, 2.24) is 0 Å². The molecule has 0 amide bonds. The molecule has 5 nitrogen and oxygen atoms in total. The summed E-state index contributed by atoms with van der Waals surface area (Å²) in [4.78, 5) is 23.4. The van der Waals surface area contributed by atoms with Crippen molar-refractivity contribution in [2.24, 2.45) is 0 Å². The van der Waals surface area contributed by atoms with Crippen molar-refractivity contribution in [2.75, 3.05) is 14.2 Å². The van der Waals surface area contributed by atoms with Crippen LogP contribution in [0.25, 0.3) is 0 Å². The highest BCUT2D eigenvalue weighted by atomic mass is 16.5. The number of benzene rings is 1. The van der Waals surface area contributed by atoms with E-state index in [0.717, 1.165) is 5.56 Å². The molecule has 0 radical (unpaired) electrons. The summed E-state index contributed by atoms with van der Waals surface area (Å²) in [6.07, 6.45) is 1.84. The van der Waals surface area contributed by atoms with E-state index in [4.69, 9.17) is 9.15 Å². The number of carbonyl (C=O) groups excluding carboxylic acids is 2. The van der Waals surface area contributed by atoms with Crippen LogP contribution >= 0.6 is 0 Å². The predicted octanol–water partition coefficient (Wildman–Crippen LogP) is 2.44. The molecule has 0 aliphatic carbocycles. The van der Waals surface area contributed by atoms with Crippen molar-refractivity contribution < 1.29 is 23.5 Å². The fourth-order valence-electron chi connectivity index (χ4n) is 1.91. The fraction of sp³-hybridized carbons (Fsp3) is 0.200. The molecule has 1 aromatic carbocycles. The van der Waals surface area contributed by atoms with Gasteiger partial charge in [-0.15, -0.1) is 0 Å². The van der Waals surface area contributed by atoms with E-state index in [0.29, 0.717) is 12.0 Å². The van der Waals surface area contributed by atoms with Crippen molar-refractivity contribution in [3.8, 4) is 0 Å². The first kappa shape index (κ1) is 13.9. The van der Waals surface area contributed by atoms with Crippen molar-refractivity contribution in [2.45, 2.75) is 6.42 Å². The molecule has 5 heteroatoms. The van der Waals surface area contributed by atoms with Gasteiger partial charge < -0.3 is 13.9 Å². The lowest BCUT2D eigenvalue weighted by molar-refractivity contribution is 0.0528. The average Bonchev–Trinajstić information content (AvgIpc) is 2.90. The van der Waals surface area contributed by atoms with Gasteiger partial charge in [-0.05, 0) is 5.56 Å². The maximum atomic E-state index is 11.8. The Bertz CT molecular complexity index is 612. The van der Waals surface area contributed by atoms with E-state index in [1.807, 2.05) is 30.3 Å². The van der Waals surface area contributed by atoms with Crippen molar-refractivity contribution >= 4 is 11.9 Å². The molecule has 0 fully saturated rings. The summed E-state index contributed by atoms with van der Waals surface area (Å²) >= 11 is 0. The first-order chi connectivity index (χ1) is 9.67. The molecule has 2 rings (SSSR count). The van der Waals surface area contributed by atoms with Crippen LogP contribution in [-0.2, 0) is 15.9 Å². The zero-order chi connectivity index (χ0) is 14.5. The first-order valence-corrected chi connectivity index (χ1v) is 5.98. The molecule has 2 aromatic rings. The van der Waals surface area contributed by atoms with Crippen LogP contribution in [0.1, 0.15) is 32.0 Å².